The number of benzene rings is 2. The normalized spacial score (nSPS) is 15.2. The zero-order valence-corrected chi connectivity index (χ0v) is 15.9. The molecule has 6 nitrogen and oxygen atoms in total. The van der Waals surface area contributed by atoms with Gasteiger partial charge >= 0.3 is 5.63 Å². The van der Waals surface area contributed by atoms with Gasteiger partial charge in [0, 0.05) is 18.1 Å². The Bertz CT molecular complexity index is 1140. The van der Waals surface area contributed by atoms with Crippen LogP contribution in [0.1, 0.15) is 12.5 Å². The Labute approximate surface area is 161 Å². The van der Waals surface area contributed by atoms with Gasteiger partial charge in [-0.2, -0.15) is 0 Å². The molecule has 1 aliphatic heterocycles. The molecule has 144 valence electrons. The Morgan fingerprint density at radius 1 is 1.21 bits per heavy atom. The Kier molecular flexibility index (Phi) is 4.26. The molecule has 28 heavy (non-hydrogen) atoms. The van der Waals surface area contributed by atoms with Crippen molar-refractivity contribution in [2.24, 2.45) is 0 Å². The second kappa shape index (κ2) is 6.64. The van der Waals surface area contributed by atoms with E-state index in [4.69, 9.17) is 18.6 Å². The van der Waals surface area contributed by atoms with Gasteiger partial charge in [-0.05, 0) is 30.2 Å². The summed E-state index contributed by atoms with van der Waals surface area (Å²) in [6.45, 7) is 5.84. The lowest BCUT2D eigenvalue weighted by molar-refractivity contribution is 0.271. The minimum absolute atomic E-state index is 0.0729. The van der Waals surface area contributed by atoms with Crippen LogP contribution >= 0.6 is 0 Å². The van der Waals surface area contributed by atoms with Gasteiger partial charge in [0.2, 0.25) is 0 Å². The fraction of sp³-hybridized carbons (Fsp3) is 0.227. The number of aromatic hydroxyl groups is 1. The second-order valence-corrected chi connectivity index (χ2v) is 6.76. The van der Waals surface area contributed by atoms with Crippen LogP contribution in [0.3, 0.4) is 0 Å². The van der Waals surface area contributed by atoms with Crippen molar-refractivity contribution >= 4 is 11.0 Å². The summed E-state index contributed by atoms with van der Waals surface area (Å²) < 4.78 is 22.2. The van der Waals surface area contributed by atoms with Crippen LogP contribution in [0, 0.1) is 0 Å². The highest BCUT2D eigenvalue weighted by atomic mass is 16.5. The molecule has 1 unspecified atom stereocenters. The van der Waals surface area contributed by atoms with Crippen molar-refractivity contribution < 1.29 is 23.7 Å². The van der Waals surface area contributed by atoms with E-state index < -0.39 is 5.63 Å². The molecule has 0 saturated heterocycles. The Balaban J connectivity index is 1.97. The highest BCUT2D eigenvalue weighted by molar-refractivity contribution is 5.97. The van der Waals surface area contributed by atoms with Crippen LogP contribution in [0.5, 0.6) is 23.0 Å². The first-order valence-corrected chi connectivity index (χ1v) is 8.80. The summed E-state index contributed by atoms with van der Waals surface area (Å²) >= 11 is 0. The lowest BCUT2D eigenvalue weighted by Gasteiger charge is -2.13. The maximum Gasteiger partial charge on any atom is 0.347 e. The smallest absolute Gasteiger partial charge is 0.347 e. The third-order valence-electron chi connectivity index (χ3n) is 4.98. The van der Waals surface area contributed by atoms with Crippen molar-refractivity contribution in [3.63, 3.8) is 0 Å². The van der Waals surface area contributed by atoms with E-state index in [-0.39, 0.29) is 23.0 Å². The molecule has 0 fully saturated rings. The minimum atomic E-state index is -0.647. The van der Waals surface area contributed by atoms with Crippen LogP contribution in [-0.2, 0) is 6.42 Å². The van der Waals surface area contributed by atoms with Crippen LogP contribution in [0.4, 0.5) is 0 Å². The number of rotatable bonds is 4. The van der Waals surface area contributed by atoms with Gasteiger partial charge in [0.25, 0.3) is 0 Å². The molecule has 0 aliphatic carbocycles. The van der Waals surface area contributed by atoms with E-state index in [1.165, 1.54) is 7.11 Å². The first-order chi connectivity index (χ1) is 13.4. The zero-order chi connectivity index (χ0) is 20.0. The molecule has 1 aromatic heterocycles. The molecule has 2 aromatic carbocycles. The lowest BCUT2D eigenvalue weighted by Crippen LogP contribution is -2.13. The summed E-state index contributed by atoms with van der Waals surface area (Å²) in [6.07, 6.45) is 0.385. The molecule has 1 N–H and O–H groups in total. The van der Waals surface area contributed by atoms with Crippen LogP contribution in [0.2, 0.25) is 0 Å². The molecule has 6 heteroatoms. The molecular formula is C22H20O6. The Morgan fingerprint density at radius 3 is 2.54 bits per heavy atom. The second-order valence-electron chi connectivity index (χ2n) is 6.76. The molecule has 0 spiro atoms. The first kappa shape index (κ1) is 18.0. The lowest BCUT2D eigenvalue weighted by atomic mass is 9.99. The van der Waals surface area contributed by atoms with Gasteiger partial charge in [-0.3, -0.25) is 0 Å². The van der Waals surface area contributed by atoms with Gasteiger partial charge in [-0.25, -0.2) is 4.79 Å². The number of fused-ring (bicyclic) bond motifs is 2. The van der Waals surface area contributed by atoms with Crippen LogP contribution < -0.4 is 19.8 Å². The topological polar surface area (TPSA) is 78.1 Å². The van der Waals surface area contributed by atoms with E-state index in [1.807, 2.05) is 6.92 Å². The fourth-order valence-corrected chi connectivity index (χ4v) is 3.52. The summed E-state index contributed by atoms with van der Waals surface area (Å²) in [5, 5.41) is 11.3. The van der Waals surface area contributed by atoms with Gasteiger partial charge in [-0.15, -0.1) is 0 Å². The molecular weight excluding hydrogens is 360 g/mol. The molecule has 1 aliphatic rings. The third-order valence-corrected chi connectivity index (χ3v) is 4.98. The number of methoxy groups -OCH3 is 2. The van der Waals surface area contributed by atoms with Gasteiger partial charge in [-0.1, -0.05) is 18.7 Å². The van der Waals surface area contributed by atoms with E-state index >= 15 is 0 Å². The monoisotopic (exact) mass is 380 g/mol. The Hall–Kier alpha value is -3.41. The van der Waals surface area contributed by atoms with E-state index in [2.05, 4.69) is 6.58 Å². The molecule has 0 amide bonds. The van der Waals surface area contributed by atoms with Crippen molar-refractivity contribution in [1.29, 1.82) is 0 Å². The molecule has 0 radical (unpaired) electrons. The molecule has 3 aromatic rings. The summed E-state index contributed by atoms with van der Waals surface area (Å²) in [7, 11) is 3.07. The van der Waals surface area contributed by atoms with Crippen molar-refractivity contribution in [2.75, 3.05) is 14.2 Å². The largest absolute Gasteiger partial charge is 0.506 e. The van der Waals surface area contributed by atoms with Crippen molar-refractivity contribution in [2.45, 2.75) is 19.4 Å². The average molecular weight is 380 g/mol. The number of hydrogen-bond donors (Lipinski definition) is 1. The number of ether oxygens (including phenoxy) is 3. The maximum atomic E-state index is 12.6. The quantitative estimate of drug-likeness (QED) is 0.543. The van der Waals surface area contributed by atoms with Crippen LogP contribution in [-0.4, -0.2) is 25.4 Å². The summed E-state index contributed by atoms with van der Waals surface area (Å²) in [5.41, 5.74) is 1.85. The maximum absolute atomic E-state index is 12.6. The van der Waals surface area contributed by atoms with Gasteiger partial charge in [0.1, 0.15) is 45.6 Å². The summed E-state index contributed by atoms with van der Waals surface area (Å²) in [6, 6.07) is 8.43. The van der Waals surface area contributed by atoms with Crippen LogP contribution in [0.25, 0.3) is 22.1 Å². The third kappa shape index (κ3) is 2.69. The van der Waals surface area contributed by atoms with Crippen molar-refractivity contribution in [3.8, 4) is 34.1 Å². The summed E-state index contributed by atoms with van der Waals surface area (Å²) in [5.74, 6) is 1.46. The highest BCUT2D eigenvalue weighted by Crippen LogP contribution is 2.47. The standard InChI is InChI=1S/C22H20O6/c1-11(2)15-9-14-16(27-15)10-17-19(21(14)26-4)20(23)18(22(24)28-17)12-5-7-13(25-3)8-6-12/h5-8,10,15,23H,1,9H2,2-4H3. The molecule has 1 atom stereocenters. The molecule has 2 heterocycles. The molecule has 4 rings (SSSR count). The molecule has 0 bridgehead atoms. The first-order valence-electron chi connectivity index (χ1n) is 8.80. The minimum Gasteiger partial charge on any atom is -0.506 e. The van der Waals surface area contributed by atoms with E-state index in [1.54, 1.807) is 37.4 Å². The van der Waals surface area contributed by atoms with Crippen molar-refractivity contribution in [1.82, 2.24) is 0 Å². The number of hydrogen-bond acceptors (Lipinski definition) is 6. The van der Waals surface area contributed by atoms with Gasteiger partial charge in [0.15, 0.2) is 0 Å². The van der Waals surface area contributed by atoms with E-state index in [9.17, 15) is 9.90 Å². The van der Waals surface area contributed by atoms with E-state index in [0.29, 0.717) is 34.6 Å². The zero-order valence-electron chi connectivity index (χ0n) is 15.9. The predicted octanol–water partition coefficient (Wildman–Crippen LogP) is 4.06. The van der Waals surface area contributed by atoms with E-state index in [0.717, 1.165) is 11.1 Å². The Morgan fingerprint density at radius 2 is 1.93 bits per heavy atom. The van der Waals surface area contributed by atoms with Crippen molar-refractivity contribution in [3.05, 3.63) is 58.5 Å². The van der Waals surface area contributed by atoms with Gasteiger partial charge in [0.05, 0.1) is 14.2 Å². The highest BCUT2D eigenvalue weighted by Gasteiger charge is 2.31. The average Bonchev–Trinajstić information content (AvgIpc) is 3.11. The summed E-state index contributed by atoms with van der Waals surface area (Å²) in [4.78, 5) is 12.6. The fourth-order valence-electron chi connectivity index (χ4n) is 3.52. The molecule has 0 saturated carbocycles. The van der Waals surface area contributed by atoms with Gasteiger partial charge < -0.3 is 23.7 Å². The predicted molar refractivity (Wildman–Crippen MR) is 106 cm³/mol. The van der Waals surface area contributed by atoms with Crippen LogP contribution in [0.15, 0.2) is 51.7 Å². The SMILES string of the molecule is C=C(C)C1Cc2c(cc3oc(=O)c(-c4ccc(OC)cc4)c(O)c3c2OC)O1.